The molecule has 2 fully saturated rings. The highest BCUT2D eigenvalue weighted by atomic mass is 35.5. The van der Waals surface area contributed by atoms with Crippen LogP contribution in [0.1, 0.15) is 32.6 Å². The van der Waals surface area contributed by atoms with E-state index in [-0.39, 0.29) is 22.4 Å². The molecule has 31 heavy (non-hydrogen) atoms. The first kappa shape index (κ1) is 20.2. The second-order valence-electron chi connectivity index (χ2n) is 8.24. The molecule has 1 saturated carbocycles. The lowest BCUT2D eigenvalue weighted by atomic mass is 9.82. The number of hydrogen-bond acceptors (Lipinski definition) is 7. The lowest BCUT2D eigenvalue weighted by molar-refractivity contribution is 0.0112. The summed E-state index contributed by atoms with van der Waals surface area (Å²) < 4.78 is 26.9. The van der Waals surface area contributed by atoms with Crippen molar-refractivity contribution in [3.05, 3.63) is 41.4 Å². The summed E-state index contributed by atoms with van der Waals surface area (Å²) in [4.78, 5) is 13.1. The maximum atomic E-state index is 15.0. The van der Waals surface area contributed by atoms with Crippen LogP contribution in [0.15, 0.2) is 30.6 Å². The third kappa shape index (κ3) is 4.09. The van der Waals surface area contributed by atoms with Crippen molar-refractivity contribution >= 4 is 34.1 Å². The van der Waals surface area contributed by atoms with Gasteiger partial charge in [-0.25, -0.2) is 19.3 Å². The molecule has 1 aromatic carbocycles. The highest BCUT2D eigenvalue weighted by Crippen LogP contribution is 2.41. The van der Waals surface area contributed by atoms with Crippen molar-refractivity contribution in [1.29, 1.82) is 0 Å². The number of rotatable bonds is 6. The van der Waals surface area contributed by atoms with E-state index in [2.05, 4.69) is 25.6 Å². The van der Waals surface area contributed by atoms with Crippen LogP contribution in [-0.4, -0.2) is 39.7 Å². The Labute approximate surface area is 184 Å². The van der Waals surface area contributed by atoms with Crippen LogP contribution in [0.5, 0.6) is 11.6 Å². The molecule has 0 spiro atoms. The molecule has 0 unspecified atom stereocenters. The molecular weight excluding hydrogens is 421 g/mol. The Morgan fingerprint density at radius 3 is 2.84 bits per heavy atom. The number of pyridine rings is 1. The molecule has 2 aliphatic rings. The van der Waals surface area contributed by atoms with E-state index in [0.29, 0.717) is 28.5 Å². The fraction of sp³-hybridized carbons (Fsp3) is 0.409. The smallest absolute Gasteiger partial charge is 0.214 e. The number of aromatic nitrogens is 3. The van der Waals surface area contributed by atoms with Crippen molar-refractivity contribution in [2.24, 2.45) is 0 Å². The minimum Gasteiger partial charge on any atom is -0.486 e. The number of fused-ring (bicyclic) bond motifs is 1. The summed E-state index contributed by atoms with van der Waals surface area (Å²) in [5.74, 6) is 0.598. The van der Waals surface area contributed by atoms with E-state index in [1.54, 1.807) is 18.2 Å². The number of halogens is 2. The number of nitrogens with one attached hydrogen (secondary N) is 2. The zero-order valence-corrected chi connectivity index (χ0v) is 17.9. The van der Waals surface area contributed by atoms with Crippen LogP contribution in [0, 0.1) is 5.82 Å². The molecule has 3 aromatic rings. The molecule has 1 atom stereocenters. The van der Waals surface area contributed by atoms with Crippen LogP contribution in [0.4, 0.5) is 15.9 Å². The number of ether oxygens (including phenoxy) is 2. The van der Waals surface area contributed by atoms with Crippen molar-refractivity contribution in [1.82, 2.24) is 20.3 Å². The Morgan fingerprint density at radius 2 is 2.10 bits per heavy atom. The van der Waals surface area contributed by atoms with Crippen molar-refractivity contribution in [3.63, 3.8) is 0 Å². The lowest BCUT2D eigenvalue weighted by Gasteiger charge is -2.38. The normalized spacial score (nSPS) is 19.8. The van der Waals surface area contributed by atoms with Crippen LogP contribution < -0.4 is 20.1 Å². The van der Waals surface area contributed by atoms with Crippen LogP contribution in [-0.2, 0) is 0 Å². The number of benzene rings is 1. The van der Waals surface area contributed by atoms with Crippen LogP contribution >= 0.6 is 11.6 Å². The zero-order valence-electron chi connectivity index (χ0n) is 17.1. The molecule has 0 amide bonds. The predicted molar refractivity (Wildman–Crippen MR) is 117 cm³/mol. The first-order valence-corrected chi connectivity index (χ1v) is 10.8. The first-order chi connectivity index (χ1) is 15.0. The third-order valence-electron chi connectivity index (χ3n) is 5.83. The van der Waals surface area contributed by atoms with E-state index < -0.39 is 5.82 Å². The molecule has 162 valence electrons. The first-order valence-electron chi connectivity index (χ1n) is 10.4. The highest BCUT2D eigenvalue weighted by Gasteiger charge is 2.35. The van der Waals surface area contributed by atoms with Gasteiger partial charge in [-0.15, -0.1) is 0 Å². The molecule has 9 heteroatoms. The van der Waals surface area contributed by atoms with E-state index in [0.717, 1.165) is 38.8 Å². The van der Waals surface area contributed by atoms with Gasteiger partial charge in [-0.1, -0.05) is 11.6 Å². The van der Waals surface area contributed by atoms with Gasteiger partial charge in [0.25, 0.3) is 0 Å². The molecule has 3 heterocycles. The minimum absolute atomic E-state index is 0.0535. The molecular formula is C22H23ClFN5O2. The van der Waals surface area contributed by atoms with Gasteiger partial charge in [0.2, 0.25) is 5.88 Å². The molecule has 5 rings (SSSR count). The van der Waals surface area contributed by atoms with Gasteiger partial charge in [-0.3, -0.25) is 0 Å². The van der Waals surface area contributed by atoms with E-state index in [9.17, 15) is 0 Å². The van der Waals surface area contributed by atoms with E-state index in [4.69, 9.17) is 21.1 Å². The maximum Gasteiger partial charge on any atom is 0.214 e. The van der Waals surface area contributed by atoms with Crippen molar-refractivity contribution in [2.45, 2.75) is 44.3 Å². The molecule has 1 saturated heterocycles. The summed E-state index contributed by atoms with van der Waals surface area (Å²) in [5, 5.41) is 6.20. The molecule has 0 radical (unpaired) electrons. The van der Waals surface area contributed by atoms with Gasteiger partial charge in [-0.2, -0.15) is 0 Å². The largest absolute Gasteiger partial charge is 0.486 e. The Morgan fingerprint density at radius 1 is 1.23 bits per heavy atom. The Hall–Kier alpha value is -2.71. The Kier molecular flexibility index (Phi) is 5.27. The summed E-state index contributed by atoms with van der Waals surface area (Å²) in [6.45, 7) is 3.72. The van der Waals surface area contributed by atoms with Crippen LogP contribution in [0.3, 0.4) is 0 Å². The predicted octanol–water partition coefficient (Wildman–Crippen LogP) is 4.62. The highest BCUT2D eigenvalue weighted by molar-refractivity contribution is 6.32. The molecule has 1 aliphatic heterocycles. The van der Waals surface area contributed by atoms with Crippen LogP contribution in [0.25, 0.3) is 11.0 Å². The second-order valence-corrected chi connectivity index (χ2v) is 8.62. The molecule has 7 nitrogen and oxygen atoms in total. The number of nitrogens with zero attached hydrogens (tertiary/aromatic N) is 3. The molecule has 0 bridgehead atoms. The standard InChI is InChI=1S/C22H23ClFN5O2/c1-22(8-2-9-22)31-16-5-3-14(19(24)18(16)23)28-21-20-15(26-12-27-21)4-6-17(29-20)30-13-7-10-25-11-13/h3-6,12-13,25H,2,7-11H2,1H3,(H,26,27,28)/t13-/m0/s1. The van der Waals surface area contributed by atoms with Gasteiger partial charge in [-0.05, 0) is 57.4 Å². The van der Waals surface area contributed by atoms with Gasteiger partial charge in [0, 0.05) is 12.6 Å². The fourth-order valence-electron chi connectivity index (χ4n) is 3.86. The Balaban J connectivity index is 1.42. The summed E-state index contributed by atoms with van der Waals surface area (Å²) >= 11 is 6.28. The maximum absolute atomic E-state index is 15.0. The zero-order chi connectivity index (χ0) is 21.4. The van der Waals surface area contributed by atoms with Gasteiger partial charge >= 0.3 is 0 Å². The van der Waals surface area contributed by atoms with E-state index >= 15 is 4.39 Å². The minimum atomic E-state index is -0.599. The second kappa shape index (κ2) is 8.09. The SMILES string of the molecule is CC1(Oc2ccc(Nc3ncnc4ccc(O[C@H]5CCNC5)nc34)c(F)c2Cl)CCC1. The molecule has 2 N–H and O–H groups in total. The van der Waals surface area contributed by atoms with Gasteiger partial charge in [0.05, 0.1) is 11.2 Å². The molecule has 1 aliphatic carbocycles. The summed E-state index contributed by atoms with van der Waals surface area (Å²) in [6, 6.07) is 6.86. The van der Waals surface area contributed by atoms with E-state index in [1.165, 1.54) is 6.33 Å². The number of anilines is 2. The fourth-order valence-corrected chi connectivity index (χ4v) is 4.06. The van der Waals surface area contributed by atoms with E-state index in [1.807, 2.05) is 13.0 Å². The lowest BCUT2D eigenvalue weighted by Crippen LogP contribution is -2.39. The average molecular weight is 444 g/mol. The van der Waals surface area contributed by atoms with Crippen molar-refractivity contribution < 1.29 is 13.9 Å². The summed E-state index contributed by atoms with van der Waals surface area (Å²) in [5.41, 5.74) is 1.02. The van der Waals surface area contributed by atoms with Crippen molar-refractivity contribution in [2.75, 3.05) is 18.4 Å². The Bertz CT molecular complexity index is 1120. The average Bonchev–Trinajstić information content (AvgIpc) is 3.25. The topological polar surface area (TPSA) is 81.2 Å². The van der Waals surface area contributed by atoms with Crippen LogP contribution in [0.2, 0.25) is 5.02 Å². The van der Waals surface area contributed by atoms with Gasteiger partial charge in [0.15, 0.2) is 11.6 Å². The van der Waals surface area contributed by atoms with Gasteiger partial charge in [0.1, 0.15) is 34.3 Å². The third-order valence-corrected chi connectivity index (χ3v) is 6.18. The molecule has 2 aromatic heterocycles. The van der Waals surface area contributed by atoms with Crippen molar-refractivity contribution in [3.8, 4) is 11.6 Å². The summed E-state index contributed by atoms with van der Waals surface area (Å²) in [7, 11) is 0. The summed E-state index contributed by atoms with van der Waals surface area (Å²) in [6.07, 6.45) is 5.38. The van der Waals surface area contributed by atoms with Gasteiger partial charge < -0.3 is 20.1 Å². The number of hydrogen-bond donors (Lipinski definition) is 2. The quantitative estimate of drug-likeness (QED) is 0.575. The monoisotopic (exact) mass is 443 g/mol.